The summed E-state index contributed by atoms with van der Waals surface area (Å²) < 4.78 is 0. The third-order valence-electron chi connectivity index (χ3n) is 2.84. The van der Waals surface area contributed by atoms with Crippen molar-refractivity contribution < 1.29 is 5.11 Å². The van der Waals surface area contributed by atoms with E-state index >= 15 is 0 Å². The van der Waals surface area contributed by atoms with Crippen molar-refractivity contribution in [2.75, 3.05) is 37.0 Å². The summed E-state index contributed by atoms with van der Waals surface area (Å²) in [5.74, 6) is 1.59. The number of likely N-dealkylation sites (N-methyl/N-ethyl adjacent to an activating group) is 1. The number of aliphatic hydroxyl groups is 1. The Balaban J connectivity index is 1.88. The molecule has 6 nitrogen and oxygen atoms in total. The Kier molecular flexibility index (Phi) is 4.74. The maximum atomic E-state index is 8.91. The number of hydrogen-bond donors (Lipinski definition) is 3. The summed E-state index contributed by atoms with van der Waals surface area (Å²) in [5.41, 5.74) is 1.19. The fourth-order valence-electron chi connectivity index (χ4n) is 1.77. The van der Waals surface area contributed by atoms with Gasteiger partial charge < -0.3 is 20.3 Å². The number of nitrogens with one attached hydrogen (secondary N) is 2. The number of aromatic amines is 1. The minimum absolute atomic E-state index is 0.107. The molecule has 2 heterocycles. The Hall–Kier alpha value is -2.08. The number of aromatic nitrogens is 3. The molecule has 0 amide bonds. The van der Waals surface area contributed by atoms with Crippen LogP contribution in [-0.2, 0) is 6.42 Å². The maximum absolute atomic E-state index is 8.91. The smallest absolute Gasteiger partial charge is 0.133 e. The van der Waals surface area contributed by atoms with Crippen LogP contribution < -0.4 is 10.2 Å². The summed E-state index contributed by atoms with van der Waals surface area (Å²) >= 11 is 0. The number of nitrogens with zero attached hydrogens (tertiary/aromatic N) is 3. The van der Waals surface area contributed by atoms with E-state index in [-0.39, 0.29) is 6.61 Å². The molecule has 0 aliphatic heterocycles. The first kappa shape index (κ1) is 13.4. The normalized spacial score (nSPS) is 10.4. The lowest BCUT2D eigenvalue weighted by atomic mass is 10.3. The van der Waals surface area contributed by atoms with Crippen molar-refractivity contribution in [3.63, 3.8) is 0 Å². The standard InChI is InChI=1S/C13H19N5O/c1-18(7-8-19)13-9-12(16-10-17-13)15-6-4-11-3-2-5-14-11/h2-3,5,9-10,14,19H,4,6-8H2,1H3,(H,15,16,17). The monoisotopic (exact) mass is 261 g/mol. The van der Waals surface area contributed by atoms with Gasteiger partial charge in [0.15, 0.2) is 0 Å². The number of hydrogen-bond acceptors (Lipinski definition) is 5. The molecule has 2 aromatic heterocycles. The van der Waals surface area contributed by atoms with E-state index in [1.807, 2.05) is 30.3 Å². The van der Waals surface area contributed by atoms with E-state index in [2.05, 4.69) is 26.3 Å². The second-order valence-corrected chi connectivity index (χ2v) is 4.28. The van der Waals surface area contributed by atoms with Gasteiger partial charge in [-0.3, -0.25) is 0 Å². The zero-order valence-electron chi connectivity index (χ0n) is 11.0. The second kappa shape index (κ2) is 6.75. The summed E-state index contributed by atoms with van der Waals surface area (Å²) in [5, 5.41) is 12.2. The Morgan fingerprint density at radius 2 is 2.32 bits per heavy atom. The Bertz CT molecular complexity index is 486. The zero-order valence-corrected chi connectivity index (χ0v) is 11.0. The van der Waals surface area contributed by atoms with Gasteiger partial charge in [0.25, 0.3) is 0 Å². The Labute approximate surface area is 112 Å². The molecule has 0 fully saturated rings. The summed E-state index contributed by atoms with van der Waals surface area (Å²) in [4.78, 5) is 13.4. The average Bonchev–Trinajstić information content (AvgIpc) is 2.93. The highest BCUT2D eigenvalue weighted by Gasteiger charge is 2.03. The molecular formula is C13H19N5O. The molecule has 19 heavy (non-hydrogen) atoms. The molecule has 2 aromatic rings. The number of rotatable bonds is 7. The van der Waals surface area contributed by atoms with Gasteiger partial charge in [0.1, 0.15) is 18.0 Å². The van der Waals surface area contributed by atoms with Crippen LogP contribution >= 0.6 is 0 Å². The van der Waals surface area contributed by atoms with Gasteiger partial charge in [0, 0.05) is 44.5 Å². The average molecular weight is 261 g/mol. The van der Waals surface area contributed by atoms with Crippen LogP contribution in [0.3, 0.4) is 0 Å². The first-order chi connectivity index (χ1) is 9.29. The van der Waals surface area contributed by atoms with Gasteiger partial charge >= 0.3 is 0 Å². The summed E-state index contributed by atoms with van der Waals surface area (Å²) in [7, 11) is 1.89. The fraction of sp³-hybridized carbons (Fsp3) is 0.385. The molecule has 0 saturated heterocycles. The van der Waals surface area contributed by atoms with Crippen molar-refractivity contribution in [2.24, 2.45) is 0 Å². The lowest BCUT2D eigenvalue weighted by molar-refractivity contribution is 0.304. The van der Waals surface area contributed by atoms with E-state index in [1.165, 1.54) is 12.0 Å². The highest BCUT2D eigenvalue weighted by atomic mass is 16.3. The molecule has 0 atom stereocenters. The third kappa shape index (κ3) is 3.96. The van der Waals surface area contributed by atoms with Crippen molar-refractivity contribution in [1.29, 1.82) is 0 Å². The molecule has 0 bridgehead atoms. The van der Waals surface area contributed by atoms with Crippen molar-refractivity contribution >= 4 is 11.6 Å². The quantitative estimate of drug-likeness (QED) is 0.690. The topological polar surface area (TPSA) is 77.1 Å². The highest BCUT2D eigenvalue weighted by molar-refractivity contribution is 5.47. The van der Waals surface area contributed by atoms with Gasteiger partial charge in [-0.2, -0.15) is 0 Å². The minimum atomic E-state index is 0.107. The molecule has 6 heteroatoms. The van der Waals surface area contributed by atoms with Gasteiger partial charge in [0.2, 0.25) is 0 Å². The SMILES string of the molecule is CN(CCO)c1cc(NCCc2ccc[nH]2)ncn1. The van der Waals surface area contributed by atoms with Gasteiger partial charge in [-0.05, 0) is 12.1 Å². The van der Waals surface area contributed by atoms with Crippen LogP contribution in [0.5, 0.6) is 0 Å². The van der Waals surface area contributed by atoms with Crippen LogP contribution in [0.1, 0.15) is 5.69 Å². The highest BCUT2D eigenvalue weighted by Crippen LogP contribution is 2.12. The molecule has 0 unspecified atom stereocenters. The first-order valence-corrected chi connectivity index (χ1v) is 6.30. The van der Waals surface area contributed by atoms with Gasteiger partial charge in [-0.15, -0.1) is 0 Å². The molecule has 3 N–H and O–H groups in total. The van der Waals surface area contributed by atoms with Crippen LogP contribution in [-0.4, -0.2) is 46.8 Å². The van der Waals surface area contributed by atoms with E-state index < -0.39 is 0 Å². The number of anilines is 2. The number of H-pyrrole nitrogens is 1. The van der Waals surface area contributed by atoms with E-state index in [4.69, 9.17) is 5.11 Å². The van der Waals surface area contributed by atoms with Gasteiger partial charge in [-0.25, -0.2) is 9.97 Å². The molecular weight excluding hydrogens is 242 g/mol. The molecule has 102 valence electrons. The van der Waals surface area contributed by atoms with Crippen molar-refractivity contribution in [3.05, 3.63) is 36.4 Å². The number of aliphatic hydroxyl groups excluding tert-OH is 1. The van der Waals surface area contributed by atoms with Crippen LogP contribution in [0.2, 0.25) is 0 Å². The van der Waals surface area contributed by atoms with E-state index in [0.29, 0.717) is 6.54 Å². The summed E-state index contributed by atoms with van der Waals surface area (Å²) in [6, 6.07) is 5.93. The molecule has 0 saturated carbocycles. The van der Waals surface area contributed by atoms with Crippen LogP contribution in [0.15, 0.2) is 30.7 Å². The predicted molar refractivity (Wildman–Crippen MR) is 75.4 cm³/mol. The molecule has 0 radical (unpaired) electrons. The zero-order chi connectivity index (χ0) is 13.5. The molecule has 0 aliphatic carbocycles. The second-order valence-electron chi connectivity index (χ2n) is 4.28. The molecule has 0 aromatic carbocycles. The van der Waals surface area contributed by atoms with E-state index in [9.17, 15) is 0 Å². The largest absolute Gasteiger partial charge is 0.395 e. The lowest BCUT2D eigenvalue weighted by Crippen LogP contribution is -2.22. The van der Waals surface area contributed by atoms with Crippen molar-refractivity contribution in [3.8, 4) is 0 Å². The van der Waals surface area contributed by atoms with Gasteiger partial charge in [-0.1, -0.05) is 0 Å². The third-order valence-corrected chi connectivity index (χ3v) is 2.84. The fourth-order valence-corrected chi connectivity index (χ4v) is 1.77. The van der Waals surface area contributed by atoms with Crippen molar-refractivity contribution in [2.45, 2.75) is 6.42 Å². The van der Waals surface area contributed by atoms with Crippen LogP contribution in [0.4, 0.5) is 11.6 Å². The van der Waals surface area contributed by atoms with E-state index in [0.717, 1.165) is 24.6 Å². The Morgan fingerprint density at radius 1 is 1.42 bits per heavy atom. The molecule has 0 aliphatic rings. The van der Waals surface area contributed by atoms with Gasteiger partial charge in [0.05, 0.1) is 6.61 Å². The van der Waals surface area contributed by atoms with E-state index in [1.54, 1.807) is 0 Å². The Morgan fingerprint density at radius 3 is 3.05 bits per heavy atom. The summed E-state index contributed by atoms with van der Waals surface area (Å²) in [6.07, 6.45) is 4.36. The lowest BCUT2D eigenvalue weighted by Gasteiger charge is -2.17. The predicted octanol–water partition coefficient (Wildman–Crippen LogP) is 0.888. The van der Waals surface area contributed by atoms with Crippen LogP contribution in [0, 0.1) is 0 Å². The maximum Gasteiger partial charge on any atom is 0.133 e. The summed E-state index contributed by atoms with van der Waals surface area (Å²) in [6.45, 7) is 1.47. The van der Waals surface area contributed by atoms with Crippen LogP contribution in [0.25, 0.3) is 0 Å². The first-order valence-electron chi connectivity index (χ1n) is 6.30. The molecule has 0 spiro atoms. The minimum Gasteiger partial charge on any atom is -0.395 e. The molecule has 2 rings (SSSR count). The van der Waals surface area contributed by atoms with Crippen molar-refractivity contribution in [1.82, 2.24) is 15.0 Å².